The summed E-state index contributed by atoms with van der Waals surface area (Å²) in [5.74, 6) is 2.01. The summed E-state index contributed by atoms with van der Waals surface area (Å²) in [5, 5.41) is 0. The quantitative estimate of drug-likeness (QED) is 0.787. The van der Waals surface area contributed by atoms with E-state index in [0.29, 0.717) is 18.8 Å². The van der Waals surface area contributed by atoms with Crippen molar-refractivity contribution >= 4 is 5.91 Å². The molecule has 0 bridgehead atoms. The second-order valence-electron chi connectivity index (χ2n) is 7.77. The molecule has 4 rings (SSSR count). The SMILES string of the molecule is Cc1ccc2c(c1)CN(C(=O)c1ccc(C)o1)CC1(CCN(C)CC1)O2. The lowest BCUT2D eigenvalue weighted by molar-refractivity contribution is -0.0109. The molecule has 5 heteroatoms. The van der Waals surface area contributed by atoms with Gasteiger partial charge in [0.05, 0.1) is 6.54 Å². The molecule has 0 saturated carbocycles. The van der Waals surface area contributed by atoms with Crippen molar-refractivity contribution in [1.82, 2.24) is 9.80 Å². The van der Waals surface area contributed by atoms with Crippen LogP contribution in [0.15, 0.2) is 34.7 Å². The average molecular weight is 354 g/mol. The highest BCUT2D eigenvalue weighted by atomic mass is 16.5. The lowest BCUT2D eigenvalue weighted by Crippen LogP contribution is -2.53. The largest absolute Gasteiger partial charge is 0.485 e. The van der Waals surface area contributed by atoms with Crippen LogP contribution in [-0.4, -0.2) is 48.0 Å². The Hall–Kier alpha value is -2.27. The third-order valence-corrected chi connectivity index (χ3v) is 5.52. The maximum absolute atomic E-state index is 13.1. The highest BCUT2D eigenvalue weighted by Crippen LogP contribution is 2.36. The van der Waals surface area contributed by atoms with E-state index in [1.165, 1.54) is 5.56 Å². The van der Waals surface area contributed by atoms with Gasteiger partial charge in [-0.3, -0.25) is 4.79 Å². The van der Waals surface area contributed by atoms with Crippen molar-refractivity contribution in [1.29, 1.82) is 0 Å². The normalized spacial score (nSPS) is 19.7. The van der Waals surface area contributed by atoms with Gasteiger partial charge in [0.1, 0.15) is 17.1 Å². The number of nitrogens with zero attached hydrogens (tertiary/aromatic N) is 2. The number of hydrogen-bond acceptors (Lipinski definition) is 4. The van der Waals surface area contributed by atoms with Crippen molar-refractivity contribution in [2.45, 2.75) is 38.8 Å². The highest BCUT2D eigenvalue weighted by molar-refractivity contribution is 5.91. The summed E-state index contributed by atoms with van der Waals surface area (Å²) in [6.45, 7) is 7.02. The predicted octanol–water partition coefficient (Wildman–Crippen LogP) is 3.40. The number of benzene rings is 1. The molecule has 1 saturated heterocycles. The number of fused-ring (bicyclic) bond motifs is 1. The number of likely N-dealkylation sites (tertiary alicyclic amines) is 1. The molecule has 0 radical (unpaired) electrons. The van der Waals surface area contributed by atoms with Crippen molar-refractivity contribution in [2.24, 2.45) is 0 Å². The second kappa shape index (κ2) is 6.47. The van der Waals surface area contributed by atoms with Crippen LogP contribution in [0.3, 0.4) is 0 Å². The fourth-order valence-electron chi connectivity index (χ4n) is 3.94. The number of ether oxygens (including phenoxy) is 1. The lowest BCUT2D eigenvalue weighted by Gasteiger charge is -2.41. The van der Waals surface area contributed by atoms with Crippen LogP contribution in [0.4, 0.5) is 0 Å². The van der Waals surface area contributed by atoms with E-state index < -0.39 is 0 Å². The van der Waals surface area contributed by atoms with E-state index in [1.54, 1.807) is 6.07 Å². The Balaban J connectivity index is 1.70. The summed E-state index contributed by atoms with van der Waals surface area (Å²) >= 11 is 0. The zero-order valence-corrected chi connectivity index (χ0v) is 15.7. The summed E-state index contributed by atoms with van der Waals surface area (Å²) in [5.41, 5.74) is 1.91. The number of rotatable bonds is 1. The summed E-state index contributed by atoms with van der Waals surface area (Å²) < 4.78 is 12.2. The molecule has 0 unspecified atom stereocenters. The molecule has 1 spiro atoms. The summed E-state index contributed by atoms with van der Waals surface area (Å²) in [7, 11) is 2.13. The van der Waals surface area contributed by atoms with E-state index in [2.05, 4.69) is 37.1 Å². The molecule has 1 aromatic carbocycles. The molecule has 1 aromatic heterocycles. The van der Waals surface area contributed by atoms with Gasteiger partial charge in [-0.05, 0) is 39.1 Å². The Kier molecular flexibility index (Phi) is 4.27. The first-order valence-electron chi connectivity index (χ1n) is 9.27. The Morgan fingerprint density at radius 3 is 2.58 bits per heavy atom. The van der Waals surface area contributed by atoms with Crippen LogP contribution >= 0.6 is 0 Å². The Bertz CT molecular complexity index is 818. The number of aryl methyl sites for hydroxylation is 2. The molecule has 5 nitrogen and oxygen atoms in total. The van der Waals surface area contributed by atoms with Gasteiger partial charge in [-0.1, -0.05) is 17.7 Å². The molecule has 3 heterocycles. The van der Waals surface area contributed by atoms with Gasteiger partial charge in [-0.25, -0.2) is 0 Å². The van der Waals surface area contributed by atoms with Crippen LogP contribution < -0.4 is 4.74 Å². The molecule has 2 aromatic rings. The standard InChI is InChI=1S/C21H26N2O3/c1-15-4-6-18-17(12-15)13-23(20(24)19-7-5-16(2)25-19)14-21(26-18)8-10-22(3)11-9-21/h4-7,12H,8-11,13-14H2,1-3H3. The number of furan rings is 1. The van der Waals surface area contributed by atoms with Gasteiger partial charge in [0, 0.05) is 38.0 Å². The van der Waals surface area contributed by atoms with E-state index >= 15 is 0 Å². The minimum absolute atomic E-state index is 0.0608. The van der Waals surface area contributed by atoms with Gasteiger partial charge >= 0.3 is 0 Å². The zero-order valence-electron chi connectivity index (χ0n) is 15.7. The van der Waals surface area contributed by atoms with Gasteiger partial charge in [0.15, 0.2) is 5.76 Å². The third kappa shape index (κ3) is 3.23. The fourth-order valence-corrected chi connectivity index (χ4v) is 3.94. The van der Waals surface area contributed by atoms with E-state index in [0.717, 1.165) is 43.0 Å². The molecule has 1 amide bonds. The third-order valence-electron chi connectivity index (χ3n) is 5.52. The molecular formula is C21H26N2O3. The number of piperidine rings is 1. The first-order chi connectivity index (χ1) is 12.4. The van der Waals surface area contributed by atoms with E-state index in [1.807, 2.05) is 17.9 Å². The second-order valence-corrected chi connectivity index (χ2v) is 7.77. The van der Waals surface area contributed by atoms with Crippen molar-refractivity contribution < 1.29 is 13.9 Å². The van der Waals surface area contributed by atoms with Crippen LogP contribution in [0.5, 0.6) is 5.75 Å². The maximum atomic E-state index is 13.1. The molecule has 2 aliphatic rings. The number of hydrogen-bond donors (Lipinski definition) is 0. The number of carbonyl (C=O) groups excluding carboxylic acids is 1. The molecule has 2 aliphatic heterocycles. The van der Waals surface area contributed by atoms with Crippen LogP contribution in [-0.2, 0) is 6.54 Å². The van der Waals surface area contributed by atoms with Crippen LogP contribution in [0, 0.1) is 13.8 Å². The van der Waals surface area contributed by atoms with E-state index in [-0.39, 0.29) is 11.5 Å². The van der Waals surface area contributed by atoms with Gasteiger partial charge in [-0.2, -0.15) is 0 Å². The highest BCUT2D eigenvalue weighted by Gasteiger charge is 2.41. The molecule has 0 N–H and O–H groups in total. The van der Waals surface area contributed by atoms with Crippen molar-refractivity contribution in [2.75, 3.05) is 26.7 Å². The van der Waals surface area contributed by atoms with Gasteiger partial charge in [-0.15, -0.1) is 0 Å². The Morgan fingerprint density at radius 2 is 1.88 bits per heavy atom. The molecule has 0 atom stereocenters. The molecular weight excluding hydrogens is 328 g/mol. The monoisotopic (exact) mass is 354 g/mol. The smallest absolute Gasteiger partial charge is 0.290 e. The molecule has 138 valence electrons. The number of amides is 1. The van der Waals surface area contributed by atoms with E-state index in [4.69, 9.17) is 9.15 Å². The van der Waals surface area contributed by atoms with Crippen LogP contribution in [0.2, 0.25) is 0 Å². The van der Waals surface area contributed by atoms with Gasteiger partial charge in [0.25, 0.3) is 5.91 Å². The first kappa shape index (κ1) is 17.2. The van der Waals surface area contributed by atoms with Gasteiger partial charge in [0.2, 0.25) is 0 Å². The first-order valence-corrected chi connectivity index (χ1v) is 9.27. The minimum Gasteiger partial charge on any atom is -0.485 e. The maximum Gasteiger partial charge on any atom is 0.290 e. The topological polar surface area (TPSA) is 45.9 Å². The van der Waals surface area contributed by atoms with E-state index in [9.17, 15) is 4.79 Å². The van der Waals surface area contributed by atoms with Crippen molar-refractivity contribution in [3.8, 4) is 5.75 Å². The molecule has 1 fully saturated rings. The van der Waals surface area contributed by atoms with Gasteiger partial charge < -0.3 is 19.0 Å². The summed E-state index contributed by atoms with van der Waals surface area (Å²) in [6.07, 6.45) is 1.83. The van der Waals surface area contributed by atoms with Crippen LogP contribution in [0.25, 0.3) is 0 Å². The predicted molar refractivity (Wildman–Crippen MR) is 99.5 cm³/mol. The Labute approximate surface area is 154 Å². The van der Waals surface area contributed by atoms with Crippen molar-refractivity contribution in [3.63, 3.8) is 0 Å². The molecule has 26 heavy (non-hydrogen) atoms. The Morgan fingerprint density at radius 1 is 1.12 bits per heavy atom. The minimum atomic E-state index is -0.329. The number of carbonyl (C=O) groups is 1. The fraction of sp³-hybridized carbons (Fsp3) is 0.476. The van der Waals surface area contributed by atoms with Crippen molar-refractivity contribution in [3.05, 3.63) is 53.0 Å². The molecule has 0 aliphatic carbocycles. The average Bonchev–Trinajstić information content (AvgIpc) is 2.98. The summed E-state index contributed by atoms with van der Waals surface area (Å²) in [4.78, 5) is 17.3. The van der Waals surface area contributed by atoms with Crippen LogP contribution in [0.1, 0.15) is 40.3 Å². The zero-order chi connectivity index (χ0) is 18.3. The lowest BCUT2D eigenvalue weighted by atomic mass is 9.90. The summed E-state index contributed by atoms with van der Waals surface area (Å²) in [6, 6.07) is 9.86.